The number of halogens is 1. The second-order valence-electron chi connectivity index (χ2n) is 10.7. The van der Waals surface area contributed by atoms with Crippen LogP contribution in [0.1, 0.15) is 91.4 Å². The largest absolute Gasteiger partial charge is 0.0773 e. The van der Waals surface area contributed by atoms with E-state index in [1.54, 1.807) is 25.7 Å². The first-order chi connectivity index (χ1) is 12.0. The summed E-state index contributed by atoms with van der Waals surface area (Å²) in [5, 5.41) is 0. The average molecular weight is 407 g/mol. The Morgan fingerprint density at radius 2 is 1.72 bits per heavy atom. The van der Waals surface area contributed by atoms with Gasteiger partial charge in [-0.2, -0.15) is 0 Å². The molecule has 0 aromatic rings. The maximum Gasteiger partial charge on any atom is -0.0229 e. The Labute approximate surface area is 164 Å². The smallest absolute Gasteiger partial charge is 0.0229 e. The van der Waals surface area contributed by atoms with Crippen molar-refractivity contribution in [3.8, 4) is 0 Å². The van der Waals surface area contributed by atoms with Crippen LogP contribution in [-0.4, -0.2) is 0 Å². The van der Waals surface area contributed by atoms with Gasteiger partial charge in [0.05, 0.1) is 0 Å². The van der Waals surface area contributed by atoms with E-state index in [1.165, 1.54) is 44.9 Å². The molecule has 4 saturated carbocycles. The van der Waals surface area contributed by atoms with Crippen LogP contribution in [-0.2, 0) is 0 Å². The van der Waals surface area contributed by atoms with Crippen LogP contribution in [0.4, 0.5) is 0 Å². The fourth-order valence-corrected chi connectivity index (χ4v) is 8.92. The van der Waals surface area contributed by atoms with Crippen LogP contribution in [0.2, 0.25) is 0 Å². The van der Waals surface area contributed by atoms with Gasteiger partial charge in [-0.15, -0.1) is 0 Å². The number of hydrogen-bond donors (Lipinski definition) is 0. The molecule has 4 aliphatic rings. The average Bonchev–Trinajstić information content (AvgIpc) is 2.96. The van der Waals surface area contributed by atoms with Gasteiger partial charge in [0.1, 0.15) is 0 Å². The molecule has 0 bridgehead atoms. The Balaban J connectivity index is 1.55. The summed E-state index contributed by atoms with van der Waals surface area (Å²) in [4.78, 5) is 2.07. The predicted octanol–water partition coefficient (Wildman–Crippen LogP) is 7.97. The van der Waals surface area contributed by atoms with Crippen molar-refractivity contribution in [3.05, 3.63) is 11.1 Å². The molecule has 4 aliphatic carbocycles. The van der Waals surface area contributed by atoms with Gasteiger partial charge in [0.25, 0.3) is 0 Å². The highest BCUT2D eigenvalue weighted by Gasteiger charge is 2.59. The molecule has 0 radical (unpaired) electrons. The third-order valence-electron chi connectivity index (χ3n) is 9.94. The van der Waals surface area contributed by atoms with Crippen LogP contribution in [0, 0.1) is 46.3 Å². The molecule has 0 spiro atoms. The molecule has 1 heteroatoms. The summed E-state index contributed by atoms with van der Waals surface area (Å²) in [5.74, 6) is 6.02. The van der Waals surface area contributed by atoms with Gasteiger partial charge >= 0.3 is 0 Å². The molecule has 1 unspecified atom stereocenters. The summed E-state index contributed by atoms with van der Waals surface area (Å²) in [6.45, 7) is 7.94. The van der Waals surface area contributed by atoms with E-state index in [0.717, 1.165) is 35.5 Å². The van der Waals surface area contributed by atoms with Gasteiger partial charge in [0.2, 0.25) is 0 Å². The van der Waals surface area contributed by atoms with Crippen LogP contribution < -0.4 is 0 Å². The molecule has 0 N–H and O–H groups in total. The SMILES string of the molecule is C[C@H](CC=CBr)[C@H]1CC[C@H]2[C@@H]3CCC4CCCC[C@]4(C)[C@H]3CC[C@]12C. The van der Waals surface area contributed by atoms with E-state index < -0.39 is 0 Å². The fourth-order valence-electron chi connectivity index (χ4n) is 8.70. The van der Waals surface area contributed by atoms with Crippen molar-refractivity contribution in [2.45, 2.75) is 91.4 Å². The third kappa shape index (κ3) is 2.90. The molecule has 142 valence electrons. The zero-order valence-electron chi connectivity index (χ0n) is 16.8. The first-order valence-corrected chi connectivity index (χ1v) is 12.2. The highest BCUT2D eigenvalue weighted by atomic mass is 79.9. The van der Waals surface area contributed by atoms with Crippen molar-refractivity contribution in [2.24, 2.45) is 46.3 Å². The van der Waals surface area contributed by atoms with E-state index >= 15 is 0 Å². The summed E-state index contributed by atoms with van der Waals surface area (Å²) in [7, 11) is 0. The van der Waals surface area contributed by atoms with Crippen molar-refractivity contribution in [2.75, 3.05) is 0 Å². The summed E-state index contributed by atoms with van der Waals surface area (Å²) >= 11 is 3.47. The van der Waals surface area contributed by atoms with Gasteiger partial charge in [-0.1, -0.05) is 55.6 Å². The lowest BCUT2D eigenvalue weighted by molar-refractivity contribution is -0.114. The van der Waals surface area contributed by atoms with Crippen molar-refractivity contribution in [1.29, 1.82) is 0 Å². The molecule has 25 heavy (non-hydrogen) atoms. The van der Waals surface area contributed by atoms with Crippen LogP contribution in [0.5, 0.6) is 0 Å². The first-order valence-electron chi connectivity index (χ1n) is 11.3. The monoisotopic (exact) mass is 406 g/mol. The normalized spacial score (nSPS) is 51.0. The Kier molecular flexibility index (Phi) is 5.19. The van der Waals surface area contributed by atoms with Crippen LogP contribution in [0.25, 0.3) is 0 Å². The van der Waals surface area contributed by atoms with Crippen LogP contribution in [0.15, 0.2) is 11.1 Å². The van der Waals surface area contributed by atoms with E-state index in [1.807, 2.05) is 0 Å². The second kappa shape index (κ2) is 6.99. The minimum Gasteiger partial charge on any atom is -0.0773 e. The molecule has 0 heterocycles. The van der Waals surface area contributed by atoms with E-state index in [0.29, 0.717) is 10.8 Å². The number of allylic oxidation sites excluding steroid dienone is 1. The molecule has 0 saturated heterocycles. The van der Waals surface area contributed by atoms with Gasteiger partial charge in [-0.3, -0.25) is 0 Å². The molecular formula is C24H39Br. The van der Waals surface area contributed by atoms with Gasteiger partial charge in [0, 0.05) is 0 Å². The minimum absolute atomic E-state index is 0.637. The summed E-state index contributed by atoms with van der Waals surface area (Å²) in [6.07, 6.45) is 18.9. The van der Waals surface area contributed by atoms with E-state index in [-0.39, 0.29) is 0 Å². The molecule has 0 aliphatic heterocycles. The van der Waals surface area contributed by atoms with Crippen molar-refractivity contribution >= 4 is 15.9 Å². The fraction of sp³-hybridized carbons (Fsp3) is 0.917. The zero-order chi connectivity index (χ0) is 17.7. The van der Waals surface area contributed by atoms with E-state index in [2.05, 4.69) is 47.8 Å². The molecular weight excluding hydrogens is 368 g/mol. The standard InChI is InChI=1S/C24H39Br/c1-17(7-6-16-25)20-11-12-21-19-10-9-18-8-4-5-14-23(18,2)22(19)13-15-24(20,21)3/h6,16-22H,4-5,7-15H2,1-3H3/t17-,18?,19+,20-,21+,22+,23+,24-/m1/s1. The van der Waals surface area contributed by atoms with Gasteiger partial charge in [-0.05, 0) is 109 Å². The number of rotatable bonds is 3. The molecule has 0 aromatic carbocycles. The highest BCUT2D eigenvalue weighted by Crippen LogP contribution is 2.68. The van der Waals surface area contributed by atoms with E-state index in [9.17, 15) is 0 Å². The topological polar surface area (TPSA) is 0 Å². The van der Waals surface area contributed by atoms with E-state index in [4.69, 9.17) is 0 Å². The van der Waals surface area contributed by atoms with Crippen LogP contribution >= 0.6 is 15.9 Å². The lowest BCUT2D eigenvalue weighted by Gasteiger charge is -2.61. The lowest BCUT2D eigenvalue weighted by atomic mass is 9.44. The molecule has 0 aromatic heterocycles. The number of fused-ring (bicyclic) bond motifs is 5. The quantitative estimate of drug-likeness (QED) is 0.445. The lowest BCUT2D eigenvalue weighted by Crippen LogP contribution is -2.53. The maximum atomic E-state index is 3.47. The Morgan fingerprint density at radius 1 is 0.920 bits per heavy atom. The molecule has 8 atom stereocenters. The van der Waals surface area contributed by atoms with Crippen molar-refractivity contribution < 1.29 is 0 Å². The Hall–Kier alpha value is 0.220. The second-order valence-corrected chi connectivity index (χ2v) is 11.2. The molecule has 0 amide bonds. The zero-order valence-corrected chi connectivity index (χ0v) is 18.4. The summed E-state index contributed by atoms with van der Waals surface area (Å²) in [6, 6.07) is 0. The predicted molar refractivity (Wildman–Crippen MR) is 112 cm³/mol. The summed E-state index contributed by atoms with van der Waals surface area (Å²) < 4.78 is 0. The molecule has 0 nitrogen and oxygen atoms in total. The summed E-state index contributed by atoms with van der Waals surface area (Å²) in [5.41, 5.74) is 1.34. The number of hydrogen-bond acceptors (Lipinski definition) is 0. The third-order valence-corrected chi connectivity index (χ3v) is 10.3. The Bertz CT molecular complexity index is 510. The molecule has 4 rings (SSSR count). The van der Waals surface area contributed by atoms with Gasteiger partial charge in [-0.25, -0.2) is 0 Å². The molecule has 4 fully saturated rings. The van der Waals surface area contributed by atoms with Gasteiger partial charge < -0.3 is 0 Å². The maximum absolute atomic E-state index is 3.47. The van der Waals surface area contributed by atoms with Gasteiger partial charge in [0.15, 0.2) is 0 Å². The van der Waals surface area contributed by atoms with Crippen molar-refractivity contribution in [3.63, 3.8) is 0 Å². The van der Waals surface area contributed by atoms with Crippen LogP contribution in [0.3, 0.4) is 0 Å². The highest BCUT2D eigenvalue weighted by molar-refractivity contribution is 9.11. The van der Waals surface area contributed by atoms with Crippen molar-refractivity contribution in [1.82, 2.24) is 0 Å². The minimum atomic E-state index is 0.637. The Morgan fingerprint density at radius 3 is 2.52 bits per heavy atom. The first kappa shape index (κ1) is 18.6.